The van der Waals surface area contributed by atoms with Crippen LogP contribution >= 0.6 is 0 Å². The Bertz CT molecular complexity index is 195. The molecule has 0 spiro atoms. The first-order chi connectivity index (χ1) is 5.09. The standard InChI is InChI=1S/C6H7F2NO2/c7-5(8)1-4-2-9(3-4)6(10)11/h1,4H,2-3H2,(H,10,11). The minimum atomic E-state index is -1.74. The maximum Gasteiger partial charge on any atom is 0.407 e. The molecule has 0 saturated carbocycles. The lowest BCUT2D eigenvalue weighted by Crippen LogP contribution is -2.48. The van der Waals surface area contributed by atoms with Gasteiger partial charge in [0.15, 0.2) is 0 Å². The van der Waals surface area contributed by atoms with E-state index in [1.54, 1.807) is 0 Å². The van der Waals surface area contributed by atoms with Crippen LogP contribution in [0.1, 0.15) is 0 Å². The lowest BCUT2D eigenvalue weighted by Gasteiger charge is -2.34. The number of carbonyl (C=O) groups is 1. The highest BCUT2D eigenvalue weighted by molar-refractivity contribution is 5.66. The highest BCUT2D eigenvalue weighted by Crippen LogP contribution is 2.18. The molecule has 0 unspecified atom stereocenters. The maximum atomic E-state index is 11.5. The van der Waals surface area contributed by atoms with Crippen LogP contribution in [0.5, 0.6) is 0 Å². The molecule has 62 valence electrons. The second-order valence-corrected chi connectivity index (χ2v) is 2.40. The summed E-state index contributed by atoms with van der Waals surface area (Å²) in [5.41, 5.74) is 0. The summed E-state index contributed by atoms with van der Waals surface area (Å²) in [6.07, 6.45) is -1.99. The number of rotatable bonds is 1. The Hall–Kier alpha value is -1.13. The van der Waals surface area contributed by atoms with Crippen LogP contribution in [0.15, 0.2) is 12.2 Å². The van der Waals surface area contributed by atoms with E-state index in [-0.39, 0.29) is 19.0 Å². The average Bonchev–Trinajstić information content (AvgIpc) is 1.75. The van der Waals surface area contributed by atoms with E-state index in [9.17, 15) is 13.6 Å². The minimum absolute atomic E-state index is 0.187. The molecule has 1 aliphatic rings. The normalized spacial score (nSPS) is 17.5. The molecule has 11 heavy (non-hydrogen) atoms. The fourth-order valence-corrected chi connectivity index (χ4v) is 0.952. The third-order valence-electron chi connectivity index (χ3n) is 1.54. The summed E-state index contributed by atoms with van der Waals surface area (Å²) < 4.78 is 23.1. The molecule has 0 aromatic carbocycles. The van der Waals surface area contributed by atoms with Gasteiger partial charge in [0.05, 0.1) is 0 Å². The lowest BCUT2D eigenvalue weighted by molar-refractivity contribution is 0.0958. The molecule has 0 aromatic heterocycles. The first kappa shape index (κ1) is 7.97. The van der Waals surface area contributed by atoms with E-state index >= 15 is 0 Å². The third-order valence-corrected chi connectivity index (χ3v) is 1.54. The van der Waals surface area contributed by atoms with E-state index in [1.807, 2.05) is 0 Å². The molecule has 0 aliphatic carbocycles. The van der Waals surface area contributed by atoms with Gasteiger partial charge in [-0.25, -0.2) is 4.79 Å². The fraction of sp³-hybridized carbons (Fsp3) is 0.500. The van der Waals surface area contributed by atoms with Crippen LogP contribution in [-0.2, 0) is 0 Å². The van der Waals surface area contributed by atoms with Crippen LogP contribution in [0.4, 0.5) is 13.6 Å². The molecule has 1 fully saturated rings. The molecule has 1 rings (SSSR count). The quantitative estimate of drug-likeness (QED) is 0.634. The molecular weight excluding hydrogens is 156 g/mol. The van der Waals surface area contributed by atoms with Crippen LogP contribution < -0.4 is 0 Å². The van der Waals surface area contributed by atoms with Crippen molar-refractivity contribution in [2.45, 2.75) is 0 Å². The number of halogens is 2. The second kappa shape index (κ2) is 2.86. The van der Waals surface area contributed by atoms with E-state index < -0.39 is 12.2 Å². The van der Waals surface area contributed by atoms with E-state index in [0.717, 1.165) is 11.0 Å². The largest absolute Gasteiger partial charge is 0.465 e. The Morgan fingerprint density at radius 3 is 2.45 bits per heavy atom. The molecule has 1 N–H and O–H groups in total. The average molecular weight is 163 g/mol. The Balaban J connectivity index is 2.30. The predicted molar refractivity (Wildman–Crippen MR) is 33.4 cm³/mol. The lowest BCUT2D eigenvalue weighted by atomic mass is 10.0. The Morgan fingerprint density at radius 1 is 1.55 bits per heavy atom. The number of carboxylic acid groups (broad SMARTS) is 1. The van der Waals surface area contributed by atoms with Crippen molar-refractivity contribution in [1.82, 2.24) is 4.90 Å². The van der Waals surface area contributed by atoms with Gasteiger partial charge in [0.2, 0.25) is 0 Å². The van der Waals surface area contributed by atoms with Crippen molar-refractivity contribution in [3.63, 3.8) is 0 Å². The van der Waals surface area contributed by atoms with Crippen LogP contribution in [0.2, 0.25) is 0 Å². The number of amides is 1. The van der Waals surface area contributed by atoms with Crippen molar-refractivity contribution in [1.29, 1.82) is 0 Å². The number of likely N-dealkylation sites (tertiary alicyclic amines) is 1. The van der Waals surface area contributed by atoms with Crippen LogP contribution in [0, 0.1) is 5.92 Å². The number of nitrogens with zero attached hydrogens (tertiary/aromatic N) is 1. The molecular formula is C6H7F2NO2. The molecule has 0 aromatic rings. The van der Waals surface area contributed by atoms with Gasteiger partial charge in [-0.1, -0.05) is 0 Å². The Morgan fingerprint density at radius 2 is 2.09 bits per heavy atom. The summed E-state index contributed by atoms with van der Waals surface area (Å²) in [7, 11) is 0. The topological polar surface area (TPSA) is 40.5 Å². The van der Waals surface area contributed by atoms with Crippen molar-refractivity contribution in [3.05, 3.63) is 12.2 Å². The highest BCUT2D eigenvalue weighted by Gasteiger charge is 2.29. The molecule has 1 saturated heterocycles. The second-order valence-electron chi connectivity index (χ2n) is 2.40. The van der Waals surface area contributed by atoms with Crippen molar-refractivity contribution in [2.24, 2.45) is 5.92 Å². The van der Waals surface area contributed by atoms with Gasteiger partial charge in [0, 0.05) is 19.0 Å². The van der Waals surface area contributed by atoms with Gasteiger partial charge < -0.3 is 10.0 Å². The summed E-state index contributed by atoms with van der Waals surface area (Å²) in [6.45, 7) is 0.374. The molecule has 5 heteroatoms. The van der Waals surface area contributed by atoms with Gasteiger partial charge in [-0.15, -0.1) is 0 Å². The zero-order chi connectivity index (χ0) is 8.43. The van der Waals surface area contributed by atoms with Gasteiger partial charge in [-0.3, -0.25) is 0 Å². The van der Waals surface area contributed by atoms with Crippen molar-refractivity contribution in [3.8, 4) is 0 Å². The molecule has 1 heterocycles. The summed E-state index contributed by atoms with van der Waals surface area (Å²) in [5, 5.41) is 8.30. The zero-order valence-corrected chi connectivity index (χ0v) is 5.63. The van der Waals surface area contributed by atoms with E-state index in [0.29, 0.717) is 0 Å². The third kappa shape index (κ3) is 1.89. The zero-order valence-electron chi connectivity index (χ0n) is 5.63. The summed E-state index contributed by atoms with van der Waals surface area (Å²) in [6, 6.07) is 0. The van der Waals surface area contributed by atoms with E-state index in [2.05, 4.69) is 0 Å². The first-order valence-corrected chi connectivity index (χ1v) is 3.10. The molecule has 0 atom stereocenters. The smallest absolute Gasteiger partial charge is 0.407 e. The minimum Gasteiger partial charge on any atom is -0.465 e. The maximum absolute atomic E-state index is 11.5. The fourth-order valence-electron chi connectivity index (χ4n) is 0.952. The molecule has 1 aliphatic heterocycles. The Labute approximate surface area is 61.9 Å². The predicted octanol–water partition coefficient (Wildman–Crippen LogP) is 1.38. The first-order valence-electron chi connectivity index (χ1n) is 3.10. The monoisotopic (exact) mass is 163 g/mol. The van der Waals surface area contributed by atoms with Crippen molar-refractivity contribution >= 4 is 6.09 Å². The van der Waals surface area contributed by atoms with Gasteiger partial charge in [-0.05, 0) is 6.08 Å². The SMILES string of the molecule is O=C(O)N1CC(C=C(F)F)C1. The van der Waals surface area contributed by atoms with E-state index in [1.165, 1.54) is 0 Å². The summed E-state index contributed by atoms with van der Waals surface area (Å²) in [5.74, 6) is -0.295. The van der Waals surface area contributed by atoms with Crippen LogP contribution in [0.25, 0.3) is 0 Å². The molecule has 0 bridgehead atoms. The number of hydrogen-bond donors (Lipinski definition) is 1. The summed E-state index contributed by atoms with van der Waals surface area (Å²) >= 11 is 0. The van der Waals surface area contributed by atoms with Crippen LogP contribution in [0.3, 0.4) is 0 Å². The van der Waals surface area contributed by atoms with Crippen LogP contribution in [-0.4, -0.2) is 29.2 Å². The molecule has 0 radical (unpaired) electrons. The van der Waals surface area contributed by atoms with Gasteiger partial charge in [0.1, 0.15) is 0 Å². The highest BCUT2D eigenvalue weighted by atomic mass is 19.3. The van der Waals surface area contributed by atoms with Gasteiger partial charge >= 0.3 is 6.09 Å². The molecule has 3 nitrogen and oxygen atoms in total. The van der Waals surface area contributed by atoms with Gasteiger partial charge in [-0.2, -0.15) is 8.78 Å². The van der Waals surface area contributed by atoms with Crippen molar-refractivity contribution in [2.75, 3.05) is 13.1 Å². The molecule has 1 amide bonds. The van der Waals surface area contributed by atoms with E-state index in [4.69, 9.17) is 5.11 Å². The summed E-state index contributed by atoms with van der Waals surface area (Å²) in [4.78, 5) is 11.2. The number of hydrogen-bond acceptors (Lipinski definition) is 1. The van der Waals surface area contributed by atoms with Gasteiger partial charge in [0.25, 0.3) is 6.08 Å². The van der Waals surface area contributed by atoms with Crippen molar-refractivity contribution < 1.29 is 18.7 Å². The Kier molecular flexibility index (Phi) is 2.07.